The number of nitrogens with one attached hydrogen (secondary N) is 1. The number of halogens is 2. The van der Waals surface area contributed by atoms with Gasteiger partial charge in [-0.1, -0.05) is 24.3 Å². The van der Waals surface area contributed by atoms with Crippen molar-refractivity contribution < 1.29 is 4.79 Å². The lowest BCUT2D eigenvalue weighted by Gasteiger charge is -2.37. The van der Waals surface area contributed by atoms with E-state index in [4.69, 9.17) is 0 Å². The Kier molecular flexibility index (Phi) is 7.85. The van der Waals surface area contributed by atoms with Crippen LogP contribution in [0.15, 0.2) is 24.3 Å². The zero-order chi connectivity index (χ0) is 18.2. The van der Waals surface area contributed by atoms with E-state index in [0.717, 1.165) is 45.2 Å². The van der Waals surface area contributed by atoms with Crippen LogP contribution in [-0.2, 0) is 17.6 Å². The first-order valence-electron chi connectivity index (χ1n) is 10.8. The Bertz CT molecular complexity index is 672. The minimum absolute atomic E-state index is 0. The van der Waals surface area contributed by atoms with E-state index in [1.807, 2.05) is 0 Å². The molecule has 1 aliphatic carbocycles. The van der Waals surface area contributed by atoms with Gasteiger partial charge in [-0.05, 0) is 42.7 Å². The van der Waals surface area contributed by atoms with Gasteiger partial charge in [-0.15, -0.1) is 24.8 Å². The van der Waals surface area contributed by atoms with Crippen molar-refractivity contribution in [3.8, 4) is 0 Å². The lowest BCUT2D eigenvalue weighted by atomic mass is 9.95. The zero-order valence-corrected chi connectivity index (χ0v) is 18.7. The fraction of sp³-hybridized carbons (Fsp3) is 0.682. The number of hydrogen-bond donors (Lipinski definition) is 1. The van der Waals surface area contributed by atoms with E-state index in [1.165, 1.54) is 32.2 Å². The van der Waals surface area contributed by atoms with Crippen LogP contribution in [0.2, 0.25) is 0 Å². The topological polar surface area (TPSA) is 38.8 Å². The second-order valence-corrected chi connectivity index (χ2v) is 8.94. The highest BCUT2D eigenvalue weighted by Crippen LogP contribution is 2.32. The van der Waals surface area contributed by atoms with Gasteiger partial charge in [0.1, 0.15) is 0 Å². The predicted molar refractivity (Wildman–Crippen MR) is 121 cm³/mol. The molecule has 0 spiro atoms. The quantitative estimate of drug-likeness (QED) is 0.777. The van der Waals surface area contributed by atoms with Crippen LogP contribution >= 0.6 is 24.8 Å². The summed E-state index contributed by atoms with van der Waals surface area (Å²) in [4.78, 5) is 20.1. The average Bonchev–Trinajstić information content (AvgIpc) is 2.93. The van der Waals surface area contributed by atoms with Crippen molar-refractivity contribution in [1.29, 1.82) is 0 Å². The second-order valence-electron chi connectivity index (χ2n) is 8.94. The van der Waals surface area contributed by atoms with Crippen LogP contribution in [-0.4, -0.2) is 85.0 Å². The number of hydrogen-bond acceptors (Lipinski definition) is 4. The molecule has 2 atom stereocenters. The smallest absolute Gasteiger partial charge is 0.236 e. The molecule has 6 rings (SSSR count). The van der Waals surface area contributed by atoms with Crippen molar-refractivity contribution in [2.45, 2.75) is 37.8 Å². The highest BCUT2D eigenvalue weighted by Gasteiger charge is 2.39. The summed E-state index contributed by atoms with van der Waals surface area (Å²) in [6.07, 6.45) is 5.00. The number of nitrogens with zero attached hydrogens (tertiary/aromatic N) is 3. The summed E-state index contributed by atoms with van der Waals surface area (Å²) in [7, 11) is 0. The van der Waals surface area contributed by atoms with E-state index >= 15 is 0 Å². The van der Waals surface area contributed by atoms with Gasteiger partial charge in [0, 0.05) is 57.9 Å². The van der Waals surface area contributed by atoms with Crippen LogP contribution in [0.4, 0.5) is 0 Å². The first-order valence-corrected chi connectivity index (χ1v) is 10.8. The fourth-order valence-corrected chi connectivity index (χ4v) is 5.69. The largest absolute Gasteiger partial charge is 0.339 e. The summed E-state index contributed by atoms with van der Waals surface area (Å²) in [5, 5.41) is 3.34. The molecule has 7 heteroatoms. The van der Waals surface area contributed by atoms with Crippen LogP contribution in [0.5, 0.6) is 0 Å². The molecule has 1 amide bonds. The van der Waals surface area contributed by atoms with Crippen molar-refractivity contribution in [1.82, 2.24) is 20.0 Å². The molecule has 4 heterocycles. The minimum atomic E-state index is 0. The summed E-state index contributed by atoms with van der Waals surface area (Å²) < 4.78 is 0. The molecule has 162 valence electrons. The predicted octanol–water partition coefficient (Wildman–Crippen LogP) is 1.83. The Morgan fingerprint density at radius 1 is 0.931 bits per heavy atom. The van der Waals surface area contributed by atoms with E-state index in [0.29, 0.717) is 24.5 Å². The highest BCUT2D eigenvalue weighted by molar-refractivity contribution is 5.85. The number of carbonyl (C=O) groups excluding carboxylic acids is 1. The molecule has 4 aliphatic heterocycles. The van der Waals surface area contributed by atoms with Gasteiger partial charge in [0.15, 0.2) is 0 Å². The number of benzene rings is 1. The van der Waals surface area contributed by atoms with Gasteiger partial charge in [0.25, 0.3) is 0 Å². The Morgan fingerprint density at radius 3 is 2.31 bits per heavy atom. The molecule has 2 bridgehead atoms. The maximum absolute atomic E-state index is 12.8. The van der Waals surface area contributed by atoms with Crippen LogP contribution in [0.25, 0.3) is 0 Å². The molecular formula is C22H34Cl2N4O. The van der Waals surface area contributed by atoms with Crippen LogP contribution in [0.1, 0.15) is 24.0 Å². The molecule has 5 nitrogen and oxygen atoms in total. The van der Waals surface area contributed by atoms with Crippen molar-refractivity contribution in [3.05, 3.63) is 35.4 Å². The van der Waals surface area contributed by atoms with Crippen LogP contribution in [0.3, 0.4) is 0 Å². The van der Waals surface area contributed by atoms with Gasteiger partial charge < -0.3 is 10.2 Å². The fourth-order valence-electron chi connectivity index (χ4n) is 5.69. The second kappa shape index (κ2) is 9.97. The van der Waals surface area contributed by atoms with Crippen molar-refractivity contribution in [2.75, 3.05) is 52.4 Å². The zero-order valence-electron chi connectivity index (χ0n) is 17.1. The number of fused-ring (bicyclic) bond motifs is 5. The van der Waals surface area contributed by atoms with Crippen molar-refractivity contribution in [2.24, 2.45) is 5.92 Å². The van der Waals surface area contributed by atoms with Gasteiger partial charge in [-0.3, -0.25) is 14.6 Å². The lowest BCUT2D eigenvalue weighted by Crippen LogP contribution is -2.53. The summed E-state index contributed by atoms with van der Waals surface area (Å²) in [5.74, 6) is 1.06. The molecule has 0 radical (unpaired) electrons. The summed E-state index contributed by atoms with van der Waals surface area (Å²) in [5.41, 5.74) is 3.09. The van der Waals surface area contributed by atoms with Crippen molar-refractivity contribution >= 4 is 30.7 Å². The Labute approximate surface area is 187 Å². The number of piperidine rings is 1. The third kappa shape index (κ3) is 4.91. The average molecular weight is 441 g/mol. The number of rotatable bonds is 3. The van der Waals surface area contributed by atoms with Gasteiger partial charge in [-0.2, -0.15) is 0 Å². The SMILES string of the molecule is Cl.Cl.O=C(CN1C[C@H]2CC[C@@H]1CN(C1Cc3ccccc3C1)C2)N1CCNCC1. The number of carbonyl (C=O) groups is 1. The molecule has 4 saturated heterocycles. The van der Waals surface area contributed by atoms with Gasteiger partial charge in [-0.25, -0.2) is 0 Å². The van der Waals surface area contributed by atoms with Crippen LogP contribution in [0, 0.1) is 5.92 Å². The van der Waals surface area contributed by atoms with E-state index < -0.39 is 0 Å². The number of amides is 1. The molecular weight excluding hydrogens is 407 g/mol. The molecule has 4 fully saturated rings. The summed E-state index contributed by atoms with van der Waals surface area (Å²) in [6, 6.07) is 10.2. The van der Waals surface area contributed by atoms with E-state index in [-0.39, 0.29) is 24.8 Å². The lowest BCUT2D eigenvalue weighted by molar-refractivity contribution is -0.134. The first-order chi connectivity index (χ1) is 13.3. The molecule has 0 saturated carbocycles. The van der Waals surface area contributed by atoms with E-state index in [1.54, 1.807) is 11.1 Å². The first kappa shape index (κ1) is 22.8. The monoisotopic (exact) mass is 440 g/mol. The maximum Gasteiger partial charge on any atom is 0.236 e. The molecule has 5 aliphatic rings. The molecule has 1 aromatic carbocycles. The van der Waals surface area contributed by atoms with E-state index in [2.05, 4.69) is 44.3 Å². The van der Waals surface area contributed by atoms with E-state index in [9.17, 15) is 4.79 Å². The minimum Gasteiger partial charge on any atom is -0.339 e. The normalized spacial score (nSPS) is 27.7. The highest BCUT2D eigenvalue weighted by atomic mass is 35.5. The third-order valence-electron chi connectivity index (χ3n) is 7.21. The maximum atomic E-state index is 12.8. The van der Waals surface area contributed by atoms with Gasteiger partial charge in [0.2, 0.25) is 5.91 Å². The Morgan fingerprint density at radius 2 is 1.62 bits per heavy atom. The molecule has 1 N–H and O–H groups in total. The van der Waals surface area contributed by atoms with Crippen LogP contribution < -0.4 is 5.32 Å². The summed E-state index contributed by atoms with van der Waals surface area (Å²) in [6.45, 7) is 7.71. The van der Waals surface area contributed by atoms with Crippen molar-refractivity contribution in [3.63, 3.8) is 0 Å². The van der Waals surface area contributed by atoms with Gasteiger partial charge >= 0.3 is 0 Å². The third-order valence-corrected chi connectivity index (χ3v) is 7.21. The Balaban J connectivity index is 0.00000120. The standard InChI is InChI=1S/C22H32N4O.2ClH/c27-22(24-9-7-23-8-10-24)16-26-14-17-5-6-20(26)15-25(13-17)21-11-18-3-1-2-4-19(18)12-21;;/h1-4,17,20-21,23H,5-16H2;2*1H/t17-,20+;;/m0../s1. The molecule has 29 heavy (non-hydrogen) atoms. The molecule has 1 aromatic rings. The molecule has 0 aromatic heterocycles. The Hall–Kier alpha value is -0.850. The summed E-state index contributed by atoms with van der Waals surface area (Å²) >= 11 is 0. The number of piperazine rings is 1. The molecule has 0 unspecified atom stereocenters. The van der Waals surface area contributed by atoms with Gasteiger partial charge in [0.05, 0.1) is 6.54 Å².